The van der Waals surface area contributed by atoms with Gasteiger partial charge < -0.3 is 9.84 Å². The Morgan fingerprint density at radius 2 is 1.88 bits per heavy atom. The topological polar surface area (TPSA) is 29.5 Å². The van der Waals surface area contributed by atoms with Crippen molar-refractivity contribution >= 4 is 0 Å². The number of rotatable bonds is 2. The average Bonchev–Trinajstić information content (AvgIpc) is 2.58. The van der Waals surface area contributed by atoms with Crippen molar-refractivity contribution in [2.24, 2.45) is 5.92 Å². The number of hydrogen-bond donors (Lipinski definition) is 1. The molecule has 0 amide bonds. The third-order valence-electron chi connectivity index (χ3n) is 4.54. The predicted molar refractivity (Wildman–Crippen MR) is 65.4 cm³/mol. The first kappa shape index (κ1) is 12.4. The molecule has 0 aromatic heterocycles. The summed E-state index contributed by atoms with van der Waals surface area (Å²) in [6, 6.07) is 0. The normalized spacial score (nSPS) is 38.2. The van der Waals surface area contributed by atoms with E-state index in [9.17, 15) is 5.11 Å². The molecule has 0 aromatic carbocycles. The van der Waals surface area contributed by atoms with Crippen molar-refractivity contribution in [1.82, 2.24) is 0 Å². The van der Waals surface area contributed by atoms with Crippen LogP contribution in [0.1, 0.15) is 64.7 Å². The lowest BCUT2D eigenvalue weighted by molar-refractivity contribution is -0.134. The maximum absolute atomic E-state index is 10.8. The highest BCUT2D eigenvalue weighted by Crippen LogP contribution is 2.39. The van der Waals surface area contributed by atoms with E-state index in [1.54, 1.807) is 0 Å². The van der Waals surface area contributed by atoms with Gasteiger partial charge >= 0.3 is 0 Å². The highest BCUT2D eigenvalue weighted by Gasteiger charge is 2.40. The van der Waals surface area contributed by atoms with Gasteiger partial charge in [-0.2, -0.15) is 0 Å². The molecule has 16 heavy (non-hydrogen) atoms. The van der Waals surface area contributed by atoms with Gasteiger partial charge in [0.1, 0.15) is 0 Å². The van der Waals surface area contributed by atoms with Crippen LogP contribution < -0.4 is 0 Å². The van der Waals surface area contributed by atoms with Crippen LogP contribution in [0, 0.1) is 5.92 Å². The summed E-state index contributed by atoms with van der Waals surface area (Å²) in [5, 5.41) is 10.8. The van der Waals surface area contributed by atoms with E-state index in [1.165, 1.54) is 38.5 Å². The molecule has 1 saturated carbocycles. The van der Waals surface area contributed by atoms with Crippen LogP contribution in [0.3, 0.4) is 0 Å². The molecule has 1 N–H and O–H groups in total. The second kappa shape index (κ2) is 5.50. The number of ether oxygens (including phenoxy) is 1. The minimum atomic E-state index is -0.413. The number of hydrogen-bond acceptors (Lipinski definition) is 2. The summed E-state index contributed by atoms with van der Waals surface area (Å²) in [5.74, 6) is 0.535. The second-order valence-corrected chi connectivity index (χ2v) is 5.65. The van der Waals surface area contributed by atoms with Crippen LogP contribution in [0.15, 0.2) is 0 Å². The molecule has 0 aromatic rings. The van der Waals surface area contributed by atoms with E-state index in [2.05, 4.69) is 6.92 Å². The van der Waals surface area contributed by atoms with Crippen molar-refractivity contribution in [2.75, 3.05) is 6.61 Å². The van der Waals surface area contributed by atoms with Gasteiger partial charge in [-0.3, -0.25) is 0 Å². The summed E-state index contributed by atoms with van der Waals surface area (Å²) in [4.78, 5) is 0. The molecular weight excluding hydrogens is 200 g/mol. The fourth-order valence-electron chi connectivity index (χ4n) is 3.41. The van der Waals surface area contributed by atoms with Crippen molar-refractivity contribution in [3.05, 3.63) is 0 Å². The van der Waals surface area contributed by atoms with Crippen molar-refractivity contribution < 1.29 is 9.84 Å². The van der Waals surface area contributed by atoms with Gasteiger partial charge in [0.2, 0.25) is 0 Å². The molecule has 1 aliphatic heterocycles. The van der Waals surface area contributed by atoms with E-state index < -0.39 is 5.60 Å². The third kappa shape index (κ3) is 2.78. The quantitative estimate of drug-likeness (QED) is 0.732. The van der Waals surface area contributed by atoms with Crippen LogP contribution in [0.5, 0.6) is 0 Å². The molecule has 1 aliphatic carbocycles. The first-order valence-corrected chi connectivity index (χ1v) is 7.08. The summed E-state index contributed by atoms with van der Waals surface area (Å²) in [6.07, 6.45) is 10.9. The molecule has 0 bridgehead atoms. The van der Waals surface area contributed by atoms with Crippen LogP contribution in [-0.4, -0.2) is 23.4 Å². The maximum atomic E-state index is 10.8. The van der Waals surface area contributed by atoms with Gasteiger partial charge in [-0.15, -0.1) is 0 Å². The SMILES string of the molecule is CCC1CC(O)(C2CCCCCC2)CCO1. The summed E-state index contributed by atoms with van der Waals surface area (Å²) in [6.45, 7) is 2.91. The second-order valence-electron chi connectivity index (χ2n) is 5.65. The zero-order chi connectivity index (χ0) is 11.4. The Balaban J connectivity index is 1.98. The Morgan fingerprint density at radius 1 is 1.19 bits per heavy atom. The fraction of sp³-hybridized carbons (Fsp3) is 1.00. The maximum Gasteiger partial charge on any atom is 0.0722 e. The predicted octanol–water partition coefficient (Wildman–Crippen LogP) is 3.28. The lowest BCUT2D eigenvalue weighted by Gasteiger charge is -2.42. The van der Waals surface area contributed by atoms with Crippen LogP contribution >= 0.6 is 0 Å². The van der Waals surface area contributed by atoms with E-state index in [4.69, 9.17) is 4.74 Å². The fourth-order valence-corrected chi connectivity index (χ4v) is 3.41. The lowest BCUT2D eigenvalue weighted by Crippen LogP contribution is -2.46. The van der Waals surface area contributed by atoms with Gasteiger partial charge in [-0.1, -0.05) is 32.6 Å². The van der Waals surface area contributed by atoms with Gasteiger partial charge in [0, 0.05) is 13.0 Å². The molecule has 2 heteroatoms. The van der Waals surface area contributed by atoms with E-state index in [-0.39, 0.29) is 0 Å². The molecule has 94 valence electrons. The molecule has 2 unspecified atom stereocenters. The molecule has 2 aliphatic rings. The zero-order valence-corrected chi connectivity index (χ0v) is 10.6. The van der Waals surface area contributed by atoms with Crippen molar-refractivity contribution in [2.45, 2.75) is 76.4 Å². The highest BCUT2D eigenvalue weighted by molar-refractivity contribution is 4.92. The highest BCUT2D eigenvalue weighted by atomic mass is 16.5. The molecule has 2 rings (SSSR count). The van der Waals surface area contributed by atoms with E-state index in [0.717, 1.165) is 25.9 Å². The van der Waals surface area contributed by atoms with Crippen molar-refractivity contribution in [3.8, 4) is 0 Å². The smallest absolute Gasteiger partial charge is 0.0722 e. The van der Waals surface area contributed by atoms with Crippen molar-refractivity contribution in [3.63, 3.8) is 0 Å². The minimum absolute atomic E-state index is 0.294. The summed E-state index contributed by atoms with van der Waals surface area (Å²) < 4.78 is 5.68. The molecule has 2 atom stereocenters. The Morgan fingerprint density at radius 3 is 2.50 bits per heavy atom. The van der Waals surface area contributed by atoms with Crippen LogP contribution in [0.2, 0.25) is 0 Å². The van der Waals surface area contributed by atoms with Gasteiger partial charge in [0.05, 0.1) is 11.7 Å². The standard InChI is InChI=1S/C14H26O2/c1-2-13-11-14(15,9-10-16-13)12-7-5-3-4-6-8-12/h12-13,15H,2-11H2,1H3. The van der Waals surface area contributed by atoms with E-state index in [0.29, 0.717) is 12.0 Å². The lowest BCUT2D eigenvalue weighted by atomic mass is 9.75. The summed E-state index contributed by atoms with van der Waals surface area (Å²) in [5.41, 5.74) is -0.413. The Kier molecular flexibility index (Phi) is 4.26. The first-order valence-electron chi connectivity index (χ1n) is 7.08. The van der Waals surface area contributed by atoms with Gasteiger partial charge in [-0.25, -0.2) is 0 Å². The minimum Gasteiger partial charge on any atom is -0.389 e. The molecule has 0 radical (unpaired) electrons. The van der Waals surface area contributed by atoms with Gasteiger partial charge in [-0.05, 0) is 31.6 Å². The van der Waals surface area contributed by atoms with Crippen LogP contribution in [0.4, 0.5) is 0 Å². The monoisotopic (exact) mass is 226 g/mol. The largest absolute Gasteiger partial charge is 0.389 e. The summed E-state index contributed by atoms with van der Waals surface area (Å²) >= 11 is 0. The van der Waals surface area contributed by atoms with Crippen LogP contribution in [0.25, 0.3) is 0 Å². The first-order chi connectivity index (χ1) is 7.74. The Bertz CT molecular complexity index is 209. The van der Waals surface area contributed by atoms with Gasteiger partial charge in [0.25, 0.3) is 0 Å². The Labute approximate surface area is 99.4 Å². The molecule has 1 saturated heterocycles. The molecule has 0 spiro atoms. The third-order valence-corrected chi connectivity index (χ3v) is 4.54. The average molecular weight is 226 g/mol. The van der Waals surface area contributed by atoms with E-state index >= 15 is 0 Å². The van der Waals surface area contributed by atoms with Gasteiger partial charge in [0.15, 0.2) is 0 Å². The molecule has 2 fully saturated rings. The number of aliphatic hydroxyl groups is 1. The zero-order valence-electron chi connectivity index (χ0n) is 10.6. The molecule has 1 heterocycles. The van der Waals surface area contributed by atoms with Crippen molar-refractivity contribution in [1.29, 1.82) is 0 Å². The van der Waals surface area contributed by atoms with Crippen LogP contribution in [-0.2, 0) is 4.74 Å². The summed E-state index contributed by atoms with van der Waals surface area (Å²) in [7, 11) is 0. The molecular formula is C14H26O2. The van der Waals surface area contributed by atoms with E-state index in [1.807, 2.05) is 0 Å². The molecule has 2 nitrogen and oxygen atoms in total. The Hall–Kier alpha value is -0.0800.